The quantitative estimate of drug-likeness (QED) is 0.750. The second-order valence-electron chi connectivity index (χ2n) is 4.85. The number of nitrogens with two attached hydrogens (primary N) is 1. The molecule has 0 aliphatic rings. The smallest absolute Gasteiger partial charge is 0.137 e. The molecule has 1 aromatic carbocycles. The lowest BCUT2D eigenvalue weighted by molar-refractivity contribution is 1.07. The van der Waals surface area contributed by atoms with Crippen LogP contribution in [0, 0.1) is 6.92 Å². The van der Waals surface area contributed by atoms with E-state index in [1.165, 1.54) is 5.56 Å². The molecular formula is C16H15N3S. The Morgan fingerprint density at radius 3 is 2.70 bits per heavy atom. The molecule has 20 heavy (non-hydrogen) atoms. The third-order valence-electron chi connectivity index (χ3n) is 3.27. The summed E-state index contributed by atoms with van der Waals surface area (Å²) >= 11 is 5.08. The number of pyridine rings is 1. The van der Waals surface area contributed by atoms with Gasteiger partial charge in [0.25, 0.3) is 0 Å². The minimum atomic E-state index is 0.476. The van der Waals surface area contributed by atoms with E-state index in [4.69, 9.17) is 22.9 Å². The summed E-state index contributed by atoms with van der Waals surface area (Å²) in [6.45, 7) is 2.06. The zero-order valence-electron chi connectivity index (χ0n) is 11.2. The molecule has 2 aromatic heterocycles. The van der Waals surface area contributed by atoms with Crippen molar-refractivity contribution in [3.8, 4) is 11.3 Å². The van der Waals surface area contributed by atoms with Crippen LogP contribution < -0.4 is 5.73 Å². The van der Waals surface area contributed by atoms with Gasteiger partial charge in [-0.05, 0) is 24.6 Å². The molecule has 0 saturated heterocycles. The fourth-order valence-corrected chi connectivity index (χ4v) is 2.50. The monoisotopic (exact) mass is 281 g/mol. The fraction of sp³-hybridized carbons (Fsp3) is 0.125. The van der Waals surface area contributed by atoms with Gasteiger partial charge in [-0.3, -0.25) is 0 Å². The van der Waals surface area contributed by atoms with Crippen LogP contribution >= 0.6 is 12.2 Å². The third kappa shape index (κ3) is 2.30. The van der Waals surface area contributed by atoms with Crippen molar-refractivity contribution in [2.45, 2.75) is 13.3 Å². The molecule has 0 unspecified atom stereocenters. The lowest BCUT2D eigenvalue weighted by Crippen LogP contribution is -2.13. The van der Waals surface area contributed by atoms with E-state index in [-0.39, 0.29) is 0 Å². The first kappa shape index (κ1) is 12.8. The Hall–Kier alpha value is -2.20. The van der Waals surface area contributed by atoms with Crippen LogP contribution in [-0.4, -0.2) is 14.4 Å². The molecule has 0 fully saturated rings. The van der Waals surface area contributed by atoms with Gasteiger partial charge in [-0.1, -0.05) is 42.5 Å². The van der Waals surface area contributed by atoms with Crippen molar-refractivity contribution in [2.75, 3.05) is 0 Å². The maximum atomic E-state index is 5.74. The predicted molar refractivity (Wildman–Crippen MR) is 85.9 cm³/mol. The van der Waals surface area contributed by atoms with E-state index in [1.807, 2.05) is 24.4 Å². The summed E-state index contributed by atoms with van der Waals surface area (Å²) < 4.78 is 2.06. The van der Waals surface area contributed by atoms with Crippen LogP contribution in [0.2, 0.25) is 0 Å². The van der Waals surface area contributed by atoms with Crippen LogP contribution in [0.4, 0.5) is 0 Å². The molecule has 100 valence electrons. The summed E-state index contributed by atoms with van der Waals surface area (Å²) in [6, 6.07) is 14.2. The molecule has 0 saturated carbocycles. The second-order valence-corrected chi connectivity index (χ2v) is 5.37. The highest BCUT2D eigenvalue weighted by atomic mass is 32.1. The van der Waals surface area contributed by atoms with Crippen LogP contribution in [0.15, 0.2) is 48.7 Å². The maximum Gasteiger partial charge on any atom is 0.137 e. The molecule has 2 heterocycles. The number of hydrogen-bond acceptors (Lipinski definition) is 2. The molecule has 4 heteroatoms. The van der Waals surface area contributed by atoms with Crippen molar-refractivity contribution in [2.24, 2.45) is 5.73 Å². The van der Waals surface area contributed by atoms with E-state index < -0.39 is 0 Å². The number of imidazole rings is 1. The summed E-state index contributed by atoms with van der Waals surface area (Å²) in [4.78, 5) is 5.22. The average molecular weight is 281 g/mol. The summed E-state index contributed by atoms with van der Waals surface area (Å²) in [7, 11) is 0. The van der Waals surface area contributed by atoms with Gasteiger partial charge in [-0.15, -0.1) is 0 Å². The minimum absolute atomic E-state index is 0.476. The van der Waals surface area contributed by atoms with Gasteiger partial charge in [-0.2, -0.15) is 0 Å². The number of thiocarbonyl (C=S) groups is 1. The van der Waals surface area contributed by atoms with Crippen LogP contribution in [0.25, 0.3) is 16.9 Å². The van der Waals surface area contributed by atoms with Crippen molar-refractivity contribution in [3.63, 3.8) is 0 Å². The number of nitrogens with zero attached hydrogens (tertiary/aromatic N) is 2. The maximum absolute atomic E-state index is 5.74. The summed E-state index contributed by atoms with van der Waals surface area (Å²) in [5.74, 6) is 0. The molecule has 2 N–H and O–H groups in total. The van der Waals surface area contributed by atoms with Gasteiger partial charge in [0, 0.05) is 18.2 Å². The highest BCUT2D eigenvalue weighted by molar-refractivity contribution is 7.80. The third-order valence-corrected chi connectivity index (χ3v) is 3.41. The Morgan fingerprint density at radius 1 is 1.25 bits per heavy atom. The first-order chi connectivity index (χ1) is 9.65. The first-order valence-corrected chi connectivity index (χ1v) is 6.87. The molecule has 3 aromatic rings. The van der Waals surface area contributed by atoms with E-state index in [0.717, 1.165) is 22.6 Å². The Balaban J connectivity index is 2.27. The fourth-order valence-electron chi connectivity index (χ4n) is 2.36. The van der Waals surface area contributed by atoms with E-state index in [0.29, 0.717) is 11.4 Å². The molecule has 0 aliphatic carbocycles. The Morgan fingerprint density at radius 2 is 2.00 bits per heavy atom. The molecule has 0 radical (unpaired) electrons. The standard InChI is InChI=1S/C16H15N3S/c1-11-7-8-19-13(10-14(17)20)16(18-15(19)9-11)12-5-3-2-4-6-12/h2-9H,10H2,1H3,(H2,17,20). The number of aryl methyl sites for hydroxylation is 1. The molecule has 3 rings (SSSR count). The highest BCUT2D eigenvalue weighted by Crippen LogP contribution is 2.25. The zero-order chi connectivity index (χ0) is 14.1. The lowest BCUT2D eigenvalue weighted by Gasteiger charge is -2.04. The number of hydrogen-bond donors (Lipinski definition) is 1. The highest BCUT2D eigenvalue weighted by Gasteiger charge is 2.14. The van der Waals surface area contributed by atoms with Gasteiger partial charge in [0.15, 0.2) is 0 Å². The van der Waals surface area contributed by atoms with Crippen molar-refractivity contribution in [1.29, 1.82) is 0 Å². The molecule has 0 aliphatic heterocycles. The van der Waals surface area contributed by atoms with Crippen molar-refractivity contribution >= 4 is 22.9 Å². The minimum Gasteiger partial charge on any atom is -0.393 e. The largest absolute Gasteiger partial charge is 0.393 e. The summed E-state index contributed by atoms with van der Waals surface area (Å²) in [6.07, 6.45) is 2.57. The predicted octanol–water partition coefficient (Wildman–Crippen LogP) is 3.14. The topological polar surface area (TPSA) is 43.3 Å². The zero-order valence-corrected chi connectivity index (χ0v) is 12.0. The van der Waals surface area contributed by atoms with Gasteiger partial charge in [0.05, 0.1) is 16.4 Å². The van der Waals surface area contributed by atoms with Gasteiger partial charge in [-0.25, -0.2) is 4.98 Å². The first-order valence-electron chi connectivity index (χ1n) is 6.46. The van der Waals surface area contributed by atoms with Gasteiger partial charge in [0.2, 0.25) is 0 Å². The van der Waals surface area contributed by atoms with Crippen LogP contribution in [0.1, 0.15) is 11.3 Å². The van der Waals surface area contributed by atoms with E-state index >= 15 is 0 Å². The second kappa shape index (κ2) is 5.06. The van der Waals surface area contributed by atoms with Gasteiger partial charge >= 0.3 is 0 Å². The Labute approximate surface area is 123 Å². The molecule has 3 nitrogen and oxygen atoms in total. The van der Waals surface area contributed by atoms with Gasteiger partial charge < -0.3 is 10.1 Å². The molecule has 0 bridgehead atoms. The van der Waals surface area contributed by atoms with E-state index in [1.54, 1.807) is 0 Å². The number of benzene rings is 1. The summed E-state index contributed by atoms with van der Waals surface area (Å²) in [5, 5.41) is 0. The molecule has 0 amide bonds. The van der Waals surface area contributed by atoms with Crippen molar-refractivity contribution in [3.05, 3.63) is 59.9 Å². The summed E-state index contributed by atoms with van der Waals surface area (Å²) in [5.41, 5.74) is 10.9. The van der Waals surface area contributed by atoms with Crippen LogP contribution in [0.5, 0.6) is 0 Å². The Bertz CT molecular complexity index is 775. The molecular weight excluding hydrogens is 266 g/mol. The van der Waals surface area contributed by atoms with E-state index in [2.05, 4.69) is 35.6 Å². The number of fused-ring (bicyclic) bond motifs is 1. The normalized spacial score (nSPS) is 10.8. The van der Waals surface area contributed by atoms with Crippen LogP contribution in [-0.2, 0) is 6.42 Å². The molecule has 0 atom stereocenters. The lowest BCUT2D eigenvalue weighted by atomic mass is 10.1. The number of aromatic nitrogens is 2. The van der Waals surface area contributed by atoms with Gasteiger partial charge in [0.1, 0.15) is 5.65 Å². The number of rotatable bonds is 3. The van der Waals surface area contributed by atoms with Crippen molar-refractivity contribution in [1.82, 2.24) is 9.38 Å². The van der Waals surface area contributed by atoms with Crippen molar-refractivity contribution < 1.29 is 0 Å². The Kier molecular flexibility index (Phi) is 3.24. The molecule has 0 spiro atoms. The van der Waals surface area contributed by atoms with Crippen LogP contribution in [0.3, 0.4) is 0 Å². The SMILES string of the molecule is Cc1ccn2c(CC(N)=S)c(-c3ccccc3)nc2c1. The van der Waals surface area contributed by atoms with E-state index in [9.17, 15) is 0 Å². The average Bonchev–Trinajstić information content (AvgIpc) is 2.77.